The molecule has 7 heteroatoms. The van der Waals surface area contributed by atoms with Crippen LogP contribution < -0.4 is 0 Å². The molecule has 124 valence electrons. The van der Waals surface area contributed by atoms with E-state index in [2.05, 4.69) is 45.8 Å². The number of aliphatic carboxylic acids is 1. The molecule has 0 radical (unpaired) electrons. The number of hydrogen-bond donors (Lipinski definition) is 1. The van der Waals surface area contributed by atoms with Crippen molar-refractivity contribution in [2.24, 2.45) is 0 Å². The standard InChI is InChI=1S/C14H32O4Si3/c1-13(12-14(15)16)10-9-11-21(8,17-19(2,3)4)18-20(5,6)7/h12H,9-11H2,1-8H3,(H,15,16). The van der Waals surface area contributed by atoms with Crippen LogP contribution in [-0.4, -0.2) is 36.3 Å². The van der Waals surface area contributed by atoms with E-state index in [4.69, 9.17) is 13.3 Å². The lowest BCUT2D eigenvalue weighted by atomic mass is 10.2. The summed E-state index contributed by atoms with van der Waals surface area (Å²) in [6.07, 6.45) is 3.00. The Morgan fingerprint density at radius 1 is 1.00 bits per heavy atom. The molecule has 0 unspecified atom stereocenters. The Hall–Kier alpha value is -0.219. The van der Waals surface area contributed by atoms with Gasteiger partial charge in [0.2, 0.25) is 0 Å². The second-order valence-electron chi connectivity index (χ2n) is 7.75. The van der Waals surface area contributed by atoms with Crippen molar-refractivity contribution < 1.29 is 18.1 Å². The van der Waals surface area contributed by atoms with Gasteiger partial charge in [0.1, 0.15) is 0 Å². The summed E-state index contributed by atoms with van der Waals surface area (Å²) < 4.78 is 12.8. The smallest absolute Gasteiger partial charge is 0.328 e. The zero-order valence-electron chi connectivity index (χ0n) is 14.9. The van der Waals surface area contributed by atoms with E-state index < -0.39 is 31.2 Å². The fraction of sp³-hybridized carbons (Fsp3) is 0.786. The molecule has 0 atom stereocenters. The van der Waals surface area contributed by atoms with E-state index in [1.54, 1.807) is 0 Å². The Labute approximate surface area is 133 Å². The molecule has 0 fully saturated rings. The van der Waals surface area contributed by atoms with Gasteiger partial charge >= 0.3 is 14.5 Å². The third-order valence-corrected chi connectivity index (χ3v) is 12.2. The average Bonchev–Trinajstić information content (AvgIpc) is 2.08. The van der Waals surface area contributed by atoms with E-state index in [1.807, 2.05) is 6.92 Å². The molecule has 0 aliphatic carbocycles. The normalized spacial score (nSPS) is 14.4. The fourth-order valence-corrected chi connectivity index (χ4v) is 14.9. The van der Waals surface area contributed by atoms with Gasteiger partial charge in [-0.2, -0.15) is 0 Å². The molecule has 0 aliphatic rings. The maximum atomic E-state index is 10.6. The Morgan fingerprint density at radius 3 is 1.76 bits per heavy atom. The van der Waals surface area contributed by atoms with Gasteiger partial charge in [0.15, 0.2) is 16.6 Å². The Balaban J connectivity index is 4.73. The molecule has 0 saturated carbocycles. The lowest BCUT2D eigenvalue weighted by Crippen LogP contribution is -2.52. The second kappa shape index (κ2) is 7.87. The van der Waals surface area contributed by atoms with Crippen LogP contribution in [0.2, 0.25) is 51.9 Å². The van der Waals surface area contributed by atoms with E-state index in [0.29, 0.717) is 0 Å². The summed E-state index contributed by atoms with van der Waals surface area (Å²) in [4.78, 5) is 10.6. The molecular weight excluding hydrogens is 316 g/mol. The highest BCUT2D eigenvalue weighted by Crippen LogP contribution is 2.26. The van der Waals surface area contributed by atoms with Crippen molar-refractivity contribution in [1.29, 1.82) is 0 Å². The summed E-state index contributed by atoms with van der Waals surface area (Å²) >= 11 is 0. The van der Waals surface area contributed by atoms with Crippen molar-refractivity contribution in [3.05, 3.63) is 11.6 Å². The minimum atomic E-state index is -2.18. The third-order valence-electron chi connectivity index (χ3n) is 2.62. The maximum absolute atomic E-state index is 10.6. The van der Waals surface area contributed by atoms with Crippen LogP contribution in [0.4, 0.5) is 0 Å². The largest absolute Gasteiger partial charge is 0.478 e. The summed E-state index contributed by atoms with van der Waals surface area (Å²) in [6, 6.07) is 0.923. The number of allylic oxidation sites excluding steroid dienone is 1. The van der Waals surface area contributed by atoms with E-state index in [0.717, 1.165) is 24.5 Å². The number of hydrogen-bond acceptors (Lipinski definition) is 3. The second-order valence-corrected chi connectivity index (χ2v) is 20.6. The van der Waals surface area contributed by atoms with Crippen molar-refractivity contribution in [3.8, 4) is 0 Å². The van der Waals surface area contributed by atoms with E-state index in [-0.39, 0.29) is 0 Å². The minimum absolute atomic E-state index is 0.791. The summed E-state index contributed by atoms with van der Waals surface area (Å²) in [5.74, 6) is -0.871. The van der Waals surface area contributed by atoms with Crippen LogP contribution in [0.3, 0.4) is 0 Å². The zero-order chi connectivity index (χ0) is 16.9. The molecule has 0 aromatic rings. The van der Waals surface area contributed by atoms with Gasteiger partial charge in [-0.05, 0) is 71.6 Å². The van der Waals surface area contributed by atoms with Crippen LogP contribution in [0, 0.1) is 0 Å². The molecule has 1 N–H and O–H groups in total. The molecule has 0 amide bonds. The van der Waals surface area contributed by atoms with Gasteiger partial charge in [0, 0.05) is 6.08 Å². The predicted octanol–water partition coefficient (Wildman–Crippen LogP) is 4.57. The van der Waals surface area contributed by atoms with Crippen LogP contribution in [0.1, 0.15) is 19.8 Å². The highest BCUT2D eigenvalue weighted by atomic mass is 28.5. The lowest BCUT2D eigenvalue weighted by Gasteiger charge is -2.38. The first kappa shape index (κ1) is 20.8. The summed E-state index contributed by atoms with van der Waals surface area (Å²) in [7, 11) is -5.47. The van der Waals surface area contributed by atoms with Crippen molar-refractivity contribution in [2.45, 2.75) is 71.6 Å². The molecule has 0 aromatic heterocycles. The number of carboxylic acid groups (broad SMARTS) is 1. The van der Waals surface area contributed by atoms with Gasteiger partial charge < -0.3 is 13.3 Å². The van der Waals surface area contributed by atoms with E-state index in [9.17, 15) is 4.79 Å². The van der Waals surface area contributed by atoms with Gasteiger partial charge in [-0.15, -0.1) is 0 Å². The van der Waals surface area contributed by atoms with Crippen molar-refractivity contribution >= 4 is 31.2 Å². The summed E-state index contributed by atoms with van der Waals surface area (Å²) in [6.45, 7) is 17.2. The fourth-order valence-electron chi connectivity index (χ4n) is 2.39. The molecule has 0 aliphatic heterocycles. The van der Waals surface area contributed by atoms with Gasteiger partial charge in [-0.25, -0.2) is 4.79 Å². The molecule has 0 spiro atoms. The van der Waals surface area contributed by atoms with Crippen LogP contribution in [0.25, 0.3) is 0 Å². The van der Waals surface area contributed by atoms with Crippen molar-refractivity contribution in [3.63, 3.8) is 0 Å². The van der Waals surface area contributed by atoms with Gasteiger partial charge in [0.25, 0.3) is 0 Å². The number of rotatable bonds is 9. The van der Waals surface area contributed by atoms with Crippen molar-refractivity contribution in [1.82, 2.24) is 0 Å². The van der Waals surface area contributed by atoms with Crippen LogP contribution in [0.15, 0.2) is 11.6 Å². The van der Waals surface area contributed by atoms with Crippen LogP contribution >= 0.6 is 0 Å². The Bertz CT molecular complexity index is 365. The topological polar surface area (TPSA) is 55.8 Å². The zero-order valence-corrected chi connectivity index (χ0v) is 17.9. The minimum Gasteiger partial charge on any atom is -0.478 e. The molecule has 0 saturated heterocycles. The lowest BCUT2D eigenvalue weighted by molar-refractivity contribution is -0.131. The Morgan fingerprint density at radius 2 is 1.43 bits per heavy atom. The number of carbonyl (C=O) groups is 1. The quantitative estimate of drug-likeness (QED) is 0.490. The molecule has 4 nitrogen and oxygen atoms in total. The average molecular weight is 349 g/mol. The monoisotopic (exact) mass is 348 g/mol. The third kappa shape index (κ3) is 12.1. The molecular formula is C14H32O4Si3. The maximum Gasteiger partial charge on any atom is 0.328 e. The molecule has 0 aromatic carbocycles. The first-order chi connectivity index (χ1) is 9.22. The number of carboxylic acids is 1. The first-order valence-corrected chi connectivity index (χ1v) is 16.9. The summed E-state index contributed by atoms with van der Waals surface area (Å²) in [5, 5.41) is 8.74. The van der Waals surface area contributed by atoms with Crippen molar-refractivity contribution in [2.75, 3.05) is 0 Å². The van der Waals surface area contributed by atoms with E-state index in [1.165, 1.54) is 6.08 Å². The molecule has 0 heterocycles. The predicted molar refractivity (Wildman–Crippen MR) is 95.9 cm³/mol. The highest BCUT2D eigenvalue weighted by Gasteiger charge is 2.39. The van der Waals surface area contributed by atoms with Crippen LogP contribution in [-0.2, 0) is 13.0 Å². The first-order valence-electron chi connectivity index (χ1n) is 7.53. The van der Waals surface area contributed by atoms with Gasteiger partial charge in [0.05, 0.1) is 0 Å². The summed E-state index contributed by atoms with van der Waals surface area (Å²) in [5.41, 5.74) is 0.903. The van der Waals surface area contributed by atoms with Crippen LogP contribution in [0.5, 0.6) is 0 Å². The van der Waals surface area contributed by atoms with E-state index >= 15 is 0 Å². The SMILES string of the molecule is CC(=CC(=O)O)CCC[Si](C)(O[Si](C)(C)C)O[Si](C)(C)C. The Kier molecular flexibility index (Phi) is 7.78. The van der Waals surface area contributed by atoms with Gasteiger partial charge in [-0.1, -0.05) is 5.57 Å². The molecule has 0 bridgehead atoms. The molecule has 0 rings (SSSR count). The van der Waals surface area contributed by atoms with Gasteiger partial charge in [-0.3, -0.25) is 0 Å². The molecule has 21 heavy (non-hydrogen) atoms. The highest BCUT2D eigenvalue weighted by molar-refractivity contribution is 6.87.